The number of aromatic amines is 1. The van der Waals surface area contributed by atoms with Gasteiger partial charge in [-0.15, -0.1) is 0 Å². The van der Waals surface area contributed by atoms with E-state index in [1.54, 1.807) is 24.3 Å². The van der Waals surface area contributed by atoms with Crippen LogP contribution in [0, 0.1) is 30.1 Å². The zero-order valence-corrected chi connectivity index (χ0v) is 17.2. The van der Waals surface area contributed by atoms with Gasteiger partial charge in [-0.05, 0) is 81.4 Å². The van der Waals surface area contributed by atoms with Crippen molar-refractivity contribution in [2.24, 2.45) is 28.3 Å². The number of rotatable bonds is 4. The van der Waals surface area contributed by atoms with Gasteiger partial charge < -0.3 is 0 Å². The van der Waals surface area contributed by atoms with Crippen molar-refractivity contribution in [1.29, 1.82) is 0 Å². The third-order valence-electron chi connectivity index (χ3n) is 7.06. The monoisotopic (exact) mass is 412 g/mol. The van der Waals surface area contributed by atoms with Gasteiger partial charge in [-0.2, -0.15) is 5.10 Å². The average molecular weight is 413 g/mol. The number of nitrogens with zero attached hydrogens (tertiary/aromatic N) is 2. The molecule has 0 radical (unpaired) electrons. The average Bonchev–Trinajstić information content (AvgIpc) is 2.95. The van der Waals surface area contributed by atoms with Crippen LogP contribution >= 0.6 is 11.6 Å². The van der Waals surface area contributed by atoms with Crippen LogP contribution in [-0.2, 0) is 4.79 Å². The molecule has 7 heteroatoms. The molecule has 4 aliphatic carbocycles. The summed E-state index contributed by atoms with van der Waals surface area (Å²) in [7, 11) is 0. The summed E-state index contributed by atoms with van der Waals surface area (Å²) in [6, 6.07) is 7.07. The van der Waals surface area contributed by atoms with Crippen molar-refractivity contribution in [2.45, 2.75) is 45.4 Å². The van der Waals surface area contributed by atoms with Gasteiger partial charge in [-0.25, -0.2) is 10.1 Å². The normalized spacial score (nSPS) is 30.2. The Morgan fingerprint density at radius 1 is 1.24 bits per heavy atom. The summed E-state index contributed by atoms with van der Waals surface area (Å²) in [5, 5.41) is 7.76. The summed E-state index contributed by atoms with van der Waals surface area (Å²) in [5.74, 6) is 2.13. The van der Waals surface area contributed by atoms with Gasteiger partial charge in [0.05, 0.1) is 22.9 Å². The van der Waals surface area contributed by atoms with Crippen LogP contribution in [0.1, 0.15) is 49.8 Å². The Kier molecular flexibility index (Phi) is 4.42. The van der Waals surface area contributed by atoms with Gasteiger partial charge >= 0.3 is 0 Å². The first-order chi connectivity index (χ1) is 13.9. The highest BCUT2D eigenvalue weighted by molar-refractivity contribution is 6.30. The number of amides is 1. The molecule has 6 rings (SSSR count). The molecule has 1 amide bonds. The van der Waals surface area contributed by atoms with Crippen LogP contribution in [0.25, 0.3) is 5.69 Å². The molecule has 0 aliphatic heterocycles. The third-order valence-corrected chi connectivity index (χ3v) is 7.30. The molecule has 1 heterocycles. The van der Waals surface area contributed by atoms with Gasteiger partial charge in [0, 0.05) is 10.7 Å². The van der Waals surface area contributed by atoms with Crippen molar-refractivity contribution >= 4 is 23.7 Å². The number of carbonyl (C=O) groups excluding carboxylic acids is 1. The molecule has 4 saturated carbocycles. The molecular weight excluding hydrogens is 388 g/mol. The maximum absolute atomic E-state index is 13.0. The fraction of sp³-hybridized carbons (Fsp3) is 0.500. The van der Waals surface area contributed by atoms with E-state index in [1.807, 2.05) is 6.92 Å². The van der Waals surface area contributed by atoms with E-state index in [9.17, 15) is 9.59 Å². The Morgan fingerprint density at radius 3 is 2.52 bits per heavy atom. The highest BCUT2D eigenvalue weighted by atomic mass is 35.5. The number of hydrogen-bond acceptors (Lipinski definition) is 3. The van der Waals surface area contributed by atoms with Crippen LogP contribution in [0.15, 0.2) is 34.2 Å². The Hall–Kier alpha value is -2.34. The van der Waals surface area contributed by atoms with E-state index in [1.165, 1.54) is 30.2 Å². The zero-order valence-electron chi connectivity index (χ0n) is 16.5. The fourth-order valence-corrected chi connectivity index (χ4v) is 6.36. The summed E-state index contributed by atoms with van der Waals surface area (Å²) in [6.45, 7) is 1.81. The molecule has 4 bridgehead atoms. The molecule has 4 fully saturated rings. The van der Waals surface area contributed by atoms with E-state index < -0.39 is 0 Å². The molecule has 1 aromatic heterocycles. The van der Waals surface area contributed by atoms with E-state index in [2.05, 4.69) is 15.6 Å². The lowest BCUT2D eigenvalue weighted by atomic mass is 9.49. The predicted octanol–water partition coefficient (Wildman–Crippen LogP) is 3.79. The van der Waals surface area contributed by atoms with E-state index in [0.717, 1.165) is 19.3 Å². The minimum atomic E-state index is -0.250. The van der Waals surface area contributed by atoms with Crippen LogP contribution in [0.5, 0.6) is 0 Å². The Labute approximate surface area is 174 Å². The molecule has 1 aromatic carbocycles. The topological polar surface area (TPSA) is 79.2 Å². The Balaban J connectivity index is 1.34. The first-order valence-corrected chi connectivity index (χ1v) is 10.7. The van der Waals surface area contributed by atoms with Crippen molar-refractivity contribution in [3.05, 3.63) is 50.9 Å². The maximum Gasteiger partial charge on any atom is 0.280 e. The smallest absolute Gasteiger partial charge is 0.280 e. The summed E-state index contributed by atoms with van der Waals surface area (Å²) < 4.78 is 1.43. The van der Waals surface area contributed by atoms with Crippen molar-refractivity contribution < 1.29 is 4.79 Å². The first-order valence-electron chi connectivity index (χ1n) is 10.3. The molecule has 4 aliphatic rings. The number of nitrogens with one attached hydrogen (secondary N) is 2. The number of benzene rings is 1. The number of hydrogen-bond donors (Lipinski definition) is 2. The van der Waals surface area contributed by atoms with Gasteiger partial charge in [0.1, 0.15) is 0 Å². The maximum atomic E-state index is 13.0. The van der Waals surface area contributed by atoms with E-state index in [0.29, 0.717) is 39.7 Å². The lowest BCUT2D eigenvalue weighted by Gasteiger charge is -2.55. The molecule has 0 saturated heterocycles. The van der Waals surface area contributed by atoms with Crippen LogP contribution in [0.3, 0.4) is 0 Å². The summed E-state index contributed by atoms with van der Waals surface area (Å²) in [4.78, 5) is 25.8. The number of H-pyrrole nitrogens is 1. The van der Waals surface area contributed by atoms with E-state index >= 15 is 0 Å². The largest absolute Gasteiger partial charge is 0.295 e. The van der Waals surface area contributed by atoms with Crippen molar-refractivity contribution in [3.63, 3.8) is 0 Å². The second kappa shape index (κ2) is 6.87. The van der Waals surface area contributed by atoms with Crippen LogP contribution in [-0.4, -0.2) is 21.9 Å². The van der Waals surface area contributed by atoms with Gasteiger partial charge in [-0.3, -0.25) is 14.7 Å². The molecule has 29 heavy (non-hydrogen) atoms. The lowest BCUT2D eigenvalue weighted by molar-refractivity contribution is -0.146. The van der Waals surface area contributed by atoms with Gasteiger partial charge in [0.15, 0.2) is 0 Å². The van der Waals surface area contributed by atoms with E-state index in [4.69, 9.17) is 11.6 Å². The minimum Gasteiger partial charge on any atom is -0.295 e. The molecule has 152 valence electrons. The second-order valence-corrected chi connectivity index (χ2v) is 9.60. The Bertz CT molecular complexity index is 1020. The zero-order chi connectivity index (χ0) is 20.2. The molecule has 6 nitrogen and oxygen atoms in total. The standard InChI is InChI=1S/C22H25ClN4O2/c1-13-19(20(28)27(26-13)18-4-2-3-17(23)8-18)12-24-25-21(29)22-9-14-5-15(10-22)7-16(6-14)11-22/h2-4,8,12,14-16,26H,5-7,9-11H2,1H3,(H,25,29). The highest BCUT2D eigenvalue weighted by Crippen LogP contribution is 2.60. The quantitative estimate of drug-likeness (QED) is 0.591. The number of hydrazone groups is 1. The number of aryl methyl sites for hydroxylation is 1. The highest BCUT2D eigenvalue weighted by Gasteiger charge is 2.54. The lowest BCUT2D eigenvalue weighted by Crippen LogP contribution is -2.52. The Morgan fingerprint density at radius 2 is 1.90 bits per heavy atom. The third kappa shape index (κ3) is 3.23. The van der Waals surface area contributed by atoms with Gasteiger partial charge in [-0.1, -0.05) is 17.7 Å². The number of carbonyl (C=O) groups is 1. The van der Waals surface area contributed by atoms with Crippen LogP contribution < -0.4 is 11.0 Å². The molecule has 0 spiro atoms. The van der Waals surface area contributed by atoms with Crippen molar-refractivity contribution in [3.8, 4) is 5.69 Å². The first kappa shape index (κ1) is 18.7. The van der Waals surface area contributed by atoms with Gasteiger partial charge in [0.25, 0.3) is 5.56 Å². The SMILES string of the molecule is Cc1[nH]n(-c2cccc(Cl)c2)c(=O)c1C=NNC(=O)C12CC3CC(CC(C3)C1)C2. The molecule has 2 N–H and O–H groups in total. The van der Waals surface area contributed by atoms with Crippen LogP contribution in [0.2, 0.25) is 5.02 Å². The molecular formula is C22H25ClN4O2. The summed E-state index contributed by atoms with van der Waals surface area (Å²) >= 11 is 6.04. The van der Waals surface area contributed by atoms with Gasteiger partial charge in [0.2, 0.25) is 5.91 Å². The predicted molar refractivity (Wildman–Crippen MR) is 112 cm³/mol. The number of aromatic nitrogens is 2. The van der Waals surface area contributed by atoms with E-state index in [-0.39, 0.29) is 16.9 Å². The number of halogens is 1. The summed E-state index contributed by atoms with van der Waals surface area (Å²) in [5.41, 5.74) is 4.04. The second-order valence-electron chi connectivity index (χ2n) is 9.17. The molecule has 0 atom stereocenters. The molecule has 2 aromatic rings. The molecule has 0 unspecified atom stereocenters. The minimum absolute atomic E-state index is 0.0243. The van der Waals surface area contributed by atoms with Crippen molar-refractivity contribution in [1.82, 2.24) is 15.2 Å². The summed E-state index contributed by atoms with van der Waals surface area (Å²) in [6.07, 6.45) is 8.30. The van der Waals surface area contributed by atoms with Crippen LogP contribution in [0.4, 0.5) is 0 Å². The fourth-order valence-electron chi connectivity index (χ4n) is 6.17. The van der Waals surface area contributed by atoms with Crippen molar-refractivity contribution in [2.75, 3.05) is 0 Å².